The van der Waals surface area contributed by atoms with Crippen LogP contribution in [-0.2, 0) is 17.9 Å². The molecule has 6 nitrogen and oxygen atoms in total. The van der Waals surface area contributed by atoms with Crippen LogP contribution < -0.4 is 4.90 Å². The molecule has 0 aliphatic rings. The van der Waals surface area contributed by atoms with Gasteiger partial charge in [0.1, 0.15) is 11.5 Å². The molecule has 0 spiro atoms. The lowest BCUT2D eigenvalue weighted by molar-refractivity contribution is -0.120. The first-order chi connectivity index (χ1) is 14.0. The molecule has 1 aromatic carbocycles. The summed E-state index contributed by atoms with van der Waals surface area (Å²) in [7, 11) is 0. The van der Waals surface area contributed by atoms with Gasteiger partial charge in [0.15, 0.2) is 0 Å². The fourth-order valence-corrected chi connectivity index (χ4v) is 3.36. The summed E-state index contributed by atoms with van der Waals surface area (Å²) >= 11 is 0. The van der Waals surface area contributed by atoms with E-state index >= 15 is 0 Å². The van der Waals surface area contributed by atoms with Gasteiger partial charge in [0.25, 0.3) is 0 Å². The quantitative estimate of drug-likeness (QED) is 0.539. The Kier molecular flexibility index (Phi) is 6.88. The number of anilines is 1. The van der Waals surface area contributed by atoms with E-state index in [1.54, 1.807) is 17.4 Å². The van der Waals surface area contributed by atoms with Crippen molar-refractivity contribution in [2.75, 3.05) is 18.0 Å². The van der Waals surface area contributed by atoms with Gasteiger partial charge in [-0.1, -0.05) is 6.07 Å². The largest absolute Gasteiger partial charge is 0.468 e. The molecule has 3 rings (SSSR count). The Morgan fingerprint density at radius 3 is 2.07 bits per heavy atom. The van der Waals surface area contributed by atoms with Crippen molar-refractivity contribution in [2.45, 2.75) is 33.4 Å². The molecule has 29 heavy (non-hydrogen) atoms. The molecular weight excluding hydrogens is 366 g/mol. The molecule has 0 unspecified atom stereocenters. The number of nitrogens with zero attached hydrogens (tertiary/aromatic N) is 3. The zero-order valence-electron chi connectivity index (χ0n) is 16.8. The molecule has 6 heteroatoms. The van der Waals surface area contributed by atoms with Gasteiger partial charge in [0, 0.05) is 12.2 Å². The first-order valence-corrected chi connectivity index (χ1v) is 9.58. The van der Waals surface area contributed by atoms with Crippen LogP contribution in [0.15, 0.2) is 63.8 Å². The smallest absolute Gasteiger partial charge is 0.241 e. The Morgan fingerprint density at radius 1 is 1.00 bits per heavy atom. The highest BCUT2D eigenvalue weighted by Gasteiger charge is 2.21. The molecule has 0 radical (unpaired) electrons. The van der Waals surface area contributed by atoms with Crippen LogP contribution in [0.4, 0.5) is 5.69 Å². The van der Waals surface area contributed by atoms with Crippen molar-refractivity contribution in [1.29, 1.82) is 5.26 Å². The molecule has 0 fully saturated rings. The van der Waals surface area contributed by atoms with Crippen molar-refractivity contribution in [3.63, 3.8) is 0 Å². The number of aryl methyl sites for hydroxylation is 2. The van der Waals surface area contributed by atoms with Gasteiger partial charge in [-0.15, -0.1) is 0 Å². The molecule has 0 saturated carbocycles. The van der Waals surface area contributed by atoms with Gasteiger partial charge in [-0.2, -0.15) is 5.26 Å². The van der Waals surface area contributed by atoms with Crippen LogP contribution in [0.2, 0.25) is 0 Å². The zero-order valence-corrected chi connectivity index (χ0v) is 16.8. The van der Waals surface area contributed by atoms with E-state index in [0.29, 0.717) is 19.6 Å². The predicted molar refractivity (Wildman–Crippen MR) is 110 cm³/mol. The zero-order chi connectivity index (χ0) is 20.6. The van der Waals surface area contributed by atoms with Crippen molar-refractivity contribution >= 4 is 11.6 Å². The second-order valence-electron chi connectivity index (χ2n) is 7.10. The SMILES string of the molecule is Cc1cc(C)cc(N(CCC#N)C(=O)CN(Cc2ccco2)Cc2ccco2)c1. The van der Waals surface area contributed by atoms with Gasteiger partial charge in [-0.3, -0.25) is 9.69 Å². The minimum absolute atomic E-state index is 0.0663. The molecule has 0 saturated heterocycles. The Labute approximate surface area is 170 Å². The minimum atomic E-state index is -0.0663. The van der Waals surface area contributed by atoms with Gasteiger partial charge < -0.3 is 13.7 Å². The fourth-order valence-electron chi connectivity index (χ4n) is 3.36. The van der Waals surface area contributed by atoms with Gasteiger partial charge in [-0.05, 0) is 61.4 Å². The summed E-state index contributed by atoms with van der Waals surface area (Å²) in [5.74, 6) is 1.49. The van der Waals surface area contributed by atoms with E-state index in [1.165, 1.54) is 0 Å². The molecule has 0 N–H and O–H groups in total. The average molecular weight is 391 g/mol. The Hall–Kier alpha value is -3.30. The van der Waals surface area contributed by atoms with Crippen molar-refractivity contribution in [2.24, 2.45) is 0 Å². The van der Waals surface area contributed by atoms with E-state index in [-0.39, 0.29) is 18.9 Å². The third-order valence-corrected chi connectivity index (χ3v) is 4.54. The Morgan fingerprint density at radius 2 is 1.59 bits per heavy atom. The number of benzene rings is 1. The number of hydrogen-bond acceptors (Lipinski definition) is 5. The normalized spacial score (nSPS) is 10.8. The number of nitriles is 1. The summed E-state index contributed by atoms with van der Waals surface area (Å²) in [5, 5.41) is 9.05. The summed E-state index contributed by atoms with van der Waals surface area (Å²) in [6.07, 6.45) is 3.52. The van der Waals surface area contributed by atoms with Crippen molar-refractivity contribution in [3.8, 4) is 6.07 Å². The number of furan rings is 2. The van der Waals surface area contributed by atoms with E-state index in [9.17, 15) is 4.79 Å². The van der Waals surface area contributed by atoms with Crippen molar-refractivity contribution < 1.29 is 13.6 Å². The van der Waals surface area contributed by atoms with Crippen molar-refractivity contribution in [1.82, 2.24) is 4.90 Å². The molecule has 150 valence electrons. The van der Waals surface area contributed by atoms with Gasteiger partial charge >= 0.3 is 0 Å². The number of carbonyl (C=O) groups is 1. The first-order valence-electron chi connectivity index (χ1n) is 9.58. The van der Waals surface area contributed by atoms with E-state index in [2.05, 4.69) is 12.1 Å². The maximum atomic E-state index is 13.3. The van der Waals surface area contributed by atoms with Crippen LogP contribution in [0.3, 0.4) is 0 Å². The van der Waals surface area contributed by atoms with Crippen molar-refractivity contribution in [3.05, 3.63) is 77.6 Å². The van der Waals surface area contributed by atoms with Gasteiger partial charge in [-0.25, -0.2) is 0 Å². The molecule has 0 aliphatic heterocycles. The van der Waals surface area contributed by atoms with Crippen LogP contribution in [-0.4, -0.2) is 23.9 Å². The van der Waals surface area contributed by atoms with Gasteiger partial charge in [0.05, 0.1) is 44.7 Å². The first kappa shape index (κ1) is 20.4. The monoisotopic (exact) mass is 391 g/mol. The third-order valence-electron chi connectivity index (χ3n) is 4.54. The fraction of sp³-hybridized carbons (Fsp3) is 0.304. The summed E-state index contributed by atoms with van der Waals surface area (Å²) in [6, 6.07) is 15.6. The van der Waals surface area contributed by atoms with Crippen LogP contribution in [0.1, 0.15) is 29.1 Å². The standard InChI is InChI=1S/C23H25N3O3/c1-18-12-19(2)14-20(13-18)26(9-5-8-24)23(27)17-25(15-21-6-3-10-28-21)16-22-7-4-11-29-22/h3-4,6-7,10-14H,5,9,15-17H2,1-2H3. The van der Waals surface area contributed by atoms with Crippen LogP contribution in [0, 0.1) is 25.2 Å². The number of hydrogen-bond donors (Lipinski definition) is 0. The Balaban J connectivity index is 1.80. The second-order valence-corrected chi connectivity index (χ2v) is 7.10. The maximum absolute atomic E-state index is 13.3. The second kappa shape index (κ2) is 9.76. The van der Waals surface area contributed by atoms with E-state index in [0.717, 1.165) is 28.3 Å². The topological polar surface area (TPSA) is 73.6 Å². The molecule has 2 heterocycles. The van der Waals surface area contributed by atoms with E-state index < -0.39 is 0 Å². The minimum Gasteiger partial charge on any atom is -0.468 e. The van der Waals surface area contributed by atoms with Crippen LogP contribution in [0.25, 0.3) is 0 Å². The lowest BCUT2D eigenvalue weighted by atomic mass is 10.1. The van der Waals surface area contributed by atoms with Gasteiger partial charge in [0.2, 0.25) is 5.91 Å². The Bertz CT molecular complexity index is 899. The van der Waals surface area contributed by atoms with E-state index in [1.807, 2.05) is 55.1 Å². The lowest BCUT2D eigenvalue weighted by Gasteiger charge is -2.27. The highest BCUT2D eigenvalue weighted by Crippen LogP contribution is 2.20. The summed E-state index contributed by atoms with van der Waals surface area (Å²) in [5.41, 5.74) is 2.98. The number of rotatable bonds is 9. The maximum Gasteiger partial charge on any atom is 0.241 e. The molecule has 0 atom stereocenters. The summed E-state index contributed by atoms with van der Waals surface area (Å²) in [4.78, 5) is 16.9. The third kappa shape index (κ3) is 5.84. The predicted octanol–water partition coefficient (Wildman–Crippen LogP) is 4.44. The van der Waals surface area contributed by atoms with Crippen LogP contribution in [0.5, 0.6) is 0 Å². The average Bonchev–Trinajstić information content (AvgIpc) is 3.35. The number of carbonyl (C=O) groups excluding carboxylic acids is 1. The molecule has 1 amide bonds. The number of amides is 1. The summed E-state index contributed by atoms with van der Waals surface area (Å²) in [6.45, 7) is 5.51. The van der Waals surface area contributed by atoms with E-state index in [4.69, 9.17) is 14.1 Å². The highest BCUT2D eigenvalue weighted by atomic mass is 16.3. The van der Waals surface area contributed by atoms with Crippen LogP contribution >= 0.6 is 0 Å². The summed E-state index contributed by atoms with van der Waals surface area (Å²) < 4.78 is 10.9. The highest BCUT2D eigenvalue weighted by molar-refractivity contribution is 5.95. The molecule has 3 aromatic rings. The molecular formula is C23H25N3O3. The lowest BCUT2D eigenvalue weighted by Crippen LogP contribution is -2.40. The molecule has 0 bridgehead atoms. The molecule has 0 aliphatic carbocycles. The molecule has 2 aromatic heterocycles.